The third-order valence-corrected chi connectivity index (χ3v) is 7.28. The molecule has 226 valence electrons. The van der Waals surface area contributed by atoms with E-state index in [0.29, 0.717) is 12.3 Å². The number of hydrogen-bond donors (Lipinski definition) is 1. The van der Waals surface area contributed by atoms with Crippen molar-refractivity contribution in [1.82, 2.24) is 14.5 Å². The number of aromatic carboxylic acids is 1. The molecular weight excluding hydrogens is 606 g/mol. The van der Waals surface area contributed by atoms with Crippen LogP contribution in [0.4, 0.5) is 17.6 Å². The van der Waals surface area contributed by atoms with E-state index in [4.69, 9.17) is 25.8 Å². The number of imidazole rings is 1. The summed E-state index contributed by atoms with van der Waals surface area (Å²) in [5, 5.41) is 9.61. The monoisotopic (exact) mass is 627 g/mol. The molecule has 0 amide bonds. The summed E-state index contributed by atoms with van der Waals surface area (Å²) in [6.07, 6.45) is 1.68. The van der Waals surface area contributed by atoms with Gasteiger partial charge in [0, 0.05) is 36.4 Å². The highest BCUT2D eigenvalue weighted by Gasteiger charge is 2.25. The molecule has 0 spiro atoms. The molecule has 8 nitrogen and oxygen atoms in total. The molecule has 6 rings (SSSR count). The number of carbonyl (C=O) groups is 1. The standard InChI is InChI=1S/C31H22ClF4N3O5/c32-18-1-2-27(24(35)11-18)43-15-19-12-20(3-5-37-19)44-28-13-22(33)16(7-23(28)34)10-29-38-30-25(36)8-17(31(40)41)9-26(30)39(29)14-21-4-6-42-21/h1-3,5,7-9,11-13,21H,4,6,10,14-15H2,(H,40,41). The van der Waals surface area contributed by atoms with E-state index < -0.39 is 35.0 Å². The first-order chi connectivity index (χ1) is 21.1. The molecular formula is C31H22ClF4N3O5. The lowest BCUT2D eigenvalue weighted by Gasteiger charge is -2.27. The molecule has 0 radical (unpaired) electrons. The number of nitrogens with zero attached hydrogens (tertiary/aromatic N) is 3. The van der Waals surface area contributed by atoms with Gasteiger partial charge in [-0.1, -0.05) is 11.6 Å². The van der Waals surface area contributed by atoms with E-state index in [2.05, 4.69) is 9.97 Å². The first-order valence-electron chi connectivity index (χ1n) is 13.4. The Balaban J connectivity index is 1.23. The molecule has 0 saturated carbocycles. The van der Waals surface area contributed by atoms with Crippen molar-refractivity contribution in [2.24, 2.45) is 0 Å². The topological polar surface area (TPSA) is 95.7 Å². The summed E-state index contributed by atoms with van der Waals surface area (Å²) >= 11 is 5.75. The number of halogens is 5. The number of carboxylic acids is 1. The Morgan fingerprint density at radius 2 is 1.80 bits per heavy atom. The van der Waals surface area contributed by atoms with Crippen LogP contribution in [0, 0.1) is 23.3 Å². The number of pyridine rings is 1. The minimum Gasteiger partial charge on any atom is -0.484 e. The maximum atomic E-state index is 15.3. The van der Waals surface area contributed by atoms with Crippen LogP contribution in [0.15, 0.2) is 60.8 Å². The molecule has 1 unspecified atom stereocenters. The second-order valence-electron chi connectivity index (χ2n) is 10.1. The molecule has 0 aliphatic carbocycles. The summed E-state index contributed by atoms with van der Waals surface area (Å²) in [6.45, 7) is 0.654. The zero-order chi connectivity index (χ0) is 31.0. The lowest BCUT2D eigenvalue weighted by molar-refractivity contribution is -0.0589. The van der Waals surface area contributed by atoms with Crippen molar-refractivity contribution >= 4 is 28.6 Å². The van der Waals surface area contributed by atoms with E-state index in [-0.39, 0.29) is 70.2 Å². The molecule has 1 saturated heterocycles. The molecule has 44 heavy (non-hydrogen) atoms. The molecule has 1 atom stereocenters. The van der Waals surface area contributed by atoms with Gasteiger partial charge < -0.3 is 23.9 Å². The minimum atomic E-state index is -1.31. The molecule has 2 aromatic heterocycles. The van der Waals surface area contributed by atoms with Crippen LogP contribution in [0.5, 0.6) is 17.2 Å². The van der Waals surface area contributed by atoms with Crippen molar-refractivity contribution in [2.75, 3.05) is 6.61 Å². The summed E-state index contributed by atoms with van der Waals surface area (Å²) in [6, 6.07) is 10.8. The Morgan fingerprint density at radius 3 is 2.52 bits per heavy atom. The van der Waals surface area contributed by atoms with E-state index in [1.54, 1.807) is 4.57 Å². The molecule has 3 heterocycles. The maximum Gasteiger partial charge on any atom is 0.335 e. The molecule has 0 bridgehead atoms. The van der Waals surface area contributed by atoms with Crippen molar-refractivity contribution in [2.45, 2.75) is 32.1 Å². The van der Waals surface area contributed by atoms with Crippen molar-refractivity contribution < 1.29 is 41.7 Å². The largest absolute Gasteiger partial charge is 0.484 e. The smallest absolute Gasteiger partial charge is 0.335 e. The van der Waals surface area contributed by atoms with Gasteiger partial charge in [0.05, 0.1) is 29.4 Å². The van der Waals surface area contributed by atoms with Crippen LogP contribution in [0.1, 0.15) is 33.9 Å². The SMILES string of the molecule is O=C(O)c1cc(F)c2nc(Cc3cc(F)c(Oc4ccnc(COc5ccc(Cl)cc5F)c4)cc3F)n(CC3CCO3)c2c1. The summed E-state index contributed by atoms with van der Waals surface area (Å²) in [5.41, 5.74) is 0.126. The summed E-state index contributed by atoms with van der Waals surface area (Å²) in [7, 11) is 0. The average Bonchev–Trinajstić information content (AvgIpc) is 3.30. The lowest BCUT2D eigenvalue weighted by Crippen LogP contribution is -2.31. The van der Waals surface area contributed by atoms with E-state index in [9.17, 15) is 18.7 Å². The van der Waals surface area contributed by atoms with E-state index >= 15 is 8.78 Å². The predicted octanol–water partition coefficient (Wildman–Crippen LogP) is 7.09. The Morgan fingerprint density at radius 1 is 1.00 bits per heavy atom. The summed E-state index contributed by atoms with van der Waals surface area (Å²) in [5.74, 6) is -4.58. The van der Waals surface area contributed by atoms with Gasteiger partial charge in [-0.15, -0.1) is 0 Å². The molecule has 13 heteroatoms. The van der Waals surface area contributed by atoms with Crippen LogP contribution in [-0.4, -0.2) is 38.3 Å². The third kappa shape index (κ3) is 6.17. The van der Waals surface area contributed by atoms with Gasteiger partial charge >= 0.3 is 5.97 Å². The number of ether oxygens (including phenoxy) is 3. The van der Waals surface area contributed by atoms with Gasteiger partial charge in [0.1, 0.15) is 29.5 Å². The quantitative estimate of drug-likeness (QED) is 0.165. The molecule has 3 aromatic carbocycles. The van der Waals surface area contributed by atoms with Crippen molar-refractivity contribution in [3.63, 3.8) is 0 Å². The fourth-order valence-electron chi connectivity index (χ4n) is 4.75. The summed E-state index contributed by atoms with van der Waals surface area (Å²) < 4.78 is 77.4. The zero-order valence-corrected chi connectivity index (χ0v) is 23.5. The number of aromatic nitrogens is 3. The van der Waals surface area contributed by atoms with Crippen LogP contribution in [-0.2, 0) is 24.3 Å². The molecule has 5 aromatic rings. The van der Waals surface area contributed by atoms with Crippen LogP contribution in [0.2, 0.25) is 5.02 Å². The first-order valence-corrected chi connectivity index (χ1v) is 13.7. The Bertz CT molecular complexity index is 1900. The highest BCUT2D eigenvalue weighted by Crippen LogP contribution is 2.31. The average molecular weight is 628 g/mol. The van der Waals surface area contributed by atoms with Gasteiger partial charge in [-0.05, 0) is 54.4 Å². The van der Waals surface area contributed by atoms with Gasteiger partial charge in [0.2, 0.25) is 0 Å². The maximum absolute atomic E-state index is 15.3. The normalized spacial score (nSPS) is 14.4. The van der Waals surface area contributed by atoms with Crippen molar-refractivity contribution in [3.8, 4) is 17.2 Å². The Labute approximate surface area is 252 Å². The predicted molar refractivity (Wildman–Crippen MR) is 150 cm³/mol. The van der Waals surface area contributed by atoms with Crippen LogP contribution in [0.3, 0.4) is 0 Å². The first kappa shape index (κ1) is 29.4. The zero-order valence-electron chi connectivity index (χ0n) is 22.7. The van der Waals surface area contributed by atoms with Crippen LogP contribution in [0.25, 0.3) is 11.0 Å². The highest BCUT2D eigenvalue weighted by molar-refractivity contribution is 6.30. The number of rotatable bonds is 10. The second kappa shape index (κ2) is 12.1. The number of carboxylic acid groups (broad SMARTS) is 1. The van der Waals surface area contributed by atoms with Gasteiger partial charge in [0.15, 0.2) is 29.0 Å². The van der Waals surface area contributed by atoms with Gasteiger partial charge in [0.25, 0.3) is 0 Å². The number of hydrogen-bond acceptors (Lipinski definition) is 6. The lowest BCUT2D eigenvalue weighted by atomic mass is 10.1. The highest BCUT2D eigenvalue weighted by atomic mass is 35.5. The fourth-order valence-corrected chi connectivity index (χ4v) is 4.91. The number of fused-ring (bicyclic) bond motifs is 1. The van der Waals surface area contributed by atoms with Crippen molar-refractivity contribution in [1.29, 1.82) is 0 Å². The second-order valence-corrected chi connectivity index (χ2v) is 10.5. The van der Waals surface area contributed by atoms with Gasteiger partial charge in [-0.3, -0.25) is 4.98 Å². The Hall–Kier alpha value is -4.68. The third-order valence-electron chi connectivity index (χ3n) is 7.05. The molecule has 1 aliphatic rings. The molecule has 1 N–H and O–H groups in total. The fraction of sp³-hybridized carbons (Fsp3) is 0.194. The molecule has 1 aliphatic heterocycles. The van der Waals surface area contributed by atoms with E-state index in [1.165, 1.54) is 36.5 Å². The molecule has 1 fully saturated rings. The number of benzene rings is 3. The van der Waals surface area contributed by atoms with E-state index in [1.807, 2.05) is 0 Å². The van der Waals surface area contributed by atoms with E-state index in [0.717, 1.165) is 30.7 Å². The van der Waals surface area contributed by atoms with Gasteiger partial charge in [-0.2, -0.15) is 0 Å². The van der Waals surface area contributed by atoms with Crippen molar-refractivity contribution in [3.05, 3.63) is 112 Å². The van der Waals surface area contributed by atoms with Gasteiger partial charge in [-0.25, -0.2) is 27.3 Å². The summed E-state index contributed by atoms with van der Waals surface area (Å²) in [4.78, 5) is 20.0. The van der Waals surface area contributed by atoms with Crippen LogP contribution >= 0.6 is 11.6 Å². The van der Waals surface area contributed by atoms with Crippen LogP contribution < -0.4 is 9.47 Å². The Kier molecular flexibility index (Phi) is 8.11. The minimum absolute atomic E-state index is 0.0370.